The SMILES string of the molecule is Cn1c[n+](C)c2c1C(=O)N[C-](N)N2. The number of carbonyl (C=O) groups is 1. The molecule has 0 aliphatic carbocycles. The largest absolute Gasteiger partial charge is 0.450 e. The molecule has 0 atom stereocenters. The minimum Gasteiger partial charge on any atom is -0.450 e. The molecule has 1 aromatic heterocycles. The van der Waals surface area contributed by atoms with Gasteiger partial charge in [-0.3, -0.25) is 9.36 Å². The van der Waals surface area contributed by atoms with E-state index in [0.717, 1.165) is 0 Å². The number of nitrogens with one attached hydrogen (secondary N) is 2. The van der Waals surface area contributed by atoms with Crippen LogP contribution in [0.15, 0.2) is 6.33 Å². The first kappa shape index (κ1) is 8.06. The normalized spacial score (nSPS) is 16.4. The highest BCUT2D eigenvalue weighted by Crippen LogP contribution is 2.15. The zero-order valence-electron chi connectivity index (χ0n) is 7.46. The Morgan fingerprint density at radius 1 is 1.62 bits per heavy atom. The third-order valence-electron chi connectivity index (χ3n) is 1.99. The van der Waals surface area contributed by atoms with Crippen molar-refractivity contribution >= 4 is 11.7 Å². The van der Waals surface area contributed by atoms with Gasteiger partial charge in [-0.05, 0) is 6.29 Å². The molecule has 0 radical (unpaired) electrons. The Labute approximate surface area is 75.3 Å². The lowest BCUT2D eigenvalue weighted by Gasteiger charge is -2.29. The number of hydrogen-bond donors (Lipinski definition) is 3. The van der Waals surface area contributed by atoms with E-state index in [1.54, 1.807) is 15.5 Å². The highest BCUT2D eigenvalue weighted by Gasteiger charge is 2.27. The minimum absolute atomic E-state index is 0.186. The van der Waals surface area contributed by atoms with Crippen molar-refractivity contribution < 1.29 is 9.36 Å². The van der Waals surface area contributed by atoms with Crippen molar-refractivity contribution in [1.82, 2.24) is 9.88 Å². The fraction of sp³-hybridized carbons (Fsp3) is 0.286. The van der Waals surface area contributed by atoms with Gasteiger partial charge in [-0.25, -0.2) is 4.57 Å². The second-order valence-corrected chi connectivity index (χ2v) is 3.03. The van der Waals surface area contributed by atoms with Crippen LogP contribution in [0.1, 0.15) is 10.5 Å². The van der Waals surface area contributed by atoms with Crippen LogP contribution in [0, 0.1) is 6.29 Å². The Balaban J connectivity index is 2.57. The highest BCUT2D eigenvalue weighted by molar-refractivity contribution is 5.99. The Morgan fingerprint density at radius 3 is 3.00 bits per heavy atom. The summed E-state index contributed by atoms with van der Waals surface area (Å²) in [6.07, 6.45) is 2.06. The van der Waals surface area contributed by atoms with Gasteiger partial charge in [-0.15, -0.1) is 0 Å². The van der Waals surface area contributed by atoms with E-state index in [2.05, 4.69) is 10.6 Å². The molecule has 6 heteroatoms. The number of fused-ring (bicyclic) bond motifs is 1. The fourth-order valence-electron chi connectivity index (χ4n) is 1.46. The van der Waals surface area contributed by atoms with Crippen LogP contribution >= 0.6 is 0 Å². The number of nitrogens with zero attached hydrogens (tertiary/aromatic N) is 2. The van der Waals surface area contributed by atoms with Crippen molar-refractivity contribution in [2.75, 3.05) is 5.32 Å². The maximum absolute atomic E-state index is 11.4. The number of imidazole rings is 1. The molecule has 70 valence electrons. The second kappa shape index (κ2) is 2.46. The number of rotatable bonds is 0. The molecule has 0 spiro atoms. The third-order valence-corrected chi connectivity index (χ3v) is 1.99. The Bertz CT molecular complexity index is 369. The molecule has 2 rings (SSSR count). The van der Waals surface area contributed by atoms with Gasteiger partial charge in [-0.2, -0.15) is 0 Å². The van der Waals surface area contributed by atoms with Crippen LogP contribution in [0.2, 0.25) is 0 Å². The van der Waals surface area contributed by atoms with Gasteiger partial charge in [0.1, 0.15) is 0 Å². The lowest BCUT2D eigenvalue weighted by molar-refractivity contribution is -0.657. The molecule has 1 aromatic rings. The summed E-state index contributed by atoms with van der Waals surface area (Å²) in [5, 5.41) is 5.38. The van der Waals surface area contributed by atoms with Crippen LogP contribution in [0.25, 0.3) is 0 Å². The summed E-state index contributed by atoms with van der Waals surface area (Å²) in [7, 11) is 3.65. The van der Waals surface area contributed by atoms with Crippen LogP contribution < -0.4 is 20.9 Å². The molecule has 1 aliphatic rings. The molecule has 0 fully saturated rings. The number of carbonyl (C=O) groups excluding carboxylic acids is 1. The summed E-state index contributed by atoms with van der Waals surface area (Å²) >= 11 is 0. The van der Waals surface area contributed by atoms with Gasteiger partial charge >= 0.3 is 0 Å². The molecule has 0 bridgehead atoms. The van der Waals surface area contributed by atoms with Gasteiger partial charge in [0, 0.05) is 0 Å². The Morgan fingerprint density at radius 2 is 2.31 bits per heavy atom. The number of aryl methyl sites for hydroxylation is 2. The first-order valence-electron chi connectivity index (χ1n) is 3.85. The molecule has 1 aliphatic heterocycles. The lowest BCUT2D eigenvalue weighted by Crippen LogP contribution is -2.47. The molecule has 13 heavy (non-hydrogen) atoms. The smallest absolute Gasteiger partial charge is 0.264 e. The topological polar surface area (TPSA) is 76.0 Å². The Kier molecular flexibility index (Phi) is 1.53. The summed E-state index contributed by atoms with van der Waals surface area (Å²) < 4.78 is 3.55. The summed E-state index contributed by atoms with van der Waals surface area (Å²) in [5.41, 5.74) is 6.05. The van der Waals surface area contributed by atoms with E-state index in [0.29, 0.717) is 11.5 Å². The van der Waals surface area contributed by atoms with Crippen molar-refractivity contribution in [2.45, 2.75) is 0 Å². The van der Waals surface area contributed by atoms with Crippen LogP contribution in [0.5, 0.6) is 0 Å². The average Bonchev–Trinajstić information content (AvgIpc) is 2.27. The summed E-state index contributed by atoms with van der Waals surface area (Å²) in [6.45, 7) is 0. The van der Waals surface area contributed by atoms with E-state index in [4.69, 9.17) is 5.73 Å². The third kappa shape index (κ3) is 1.06. The summed E-state index contributed by atoms with van der Waals surface area (Å²) in [6, 6.07) is 0. The van der Waals surface area contributed by atoms with Gasteiger partial charge in [-0.1, -0.05) is 0 Å². The molecular formula is C7H11N5O. The van der Waals surface area contributed by atoms with E-state index in [9.17, 15) is 4.79 Å². The molecule has 0 saturated heterocycles. The molecule has 6 nitrogen and oxygen atoms in total. The standard InChI is InChI=1S/C7H11N5O/c1-11-3-12(2)5-4(11)6(13)10-7(8)9-5/h3,9H,8H2,1-2H3,(H,10,13). The average molecular weight is 181 g/mol. The molecular weight excluding hydrogens is 170 g/mol. The Hall–Kier alpha value is -1.56. The molecule has 2 heterocycles. The van der Waals surface area contributed by atoms with Gasteiger partial charge in [0.25, 0.3) is 5.91 Å². The molecule has 0 unspecified atom stereocenters. The zero-order valence-corrected chi connectivity index (χ0v) is 7.46. The minimum atomic E-state index is -0.186. The van der Waals surface area contributed by atoms with Crippen molar-refractivity contribution in [3.8, 4) is 0 Å². The first-order chi connectivity index (χ1) is 6.09. The van der Waals surface area contributed by atoms with E-state index in [1.165, 1.54) is 0 Å². The van der Waals surface area contributed by atoms with Gasteiger partial charge in [0.15, 0.2) is 6.33 Å². The van der Waals surface area contributed by atoms with Crippen LogP contribution in [-0.2, 0) is 14.1 Å². The fourth-order valence-corrected chi connectivity index (χ4v) is 1.46. The number of aromatic nitrogens is 2. The van der Waals surface area contributed by atoms with Crippen molar-refractivity contribution in [3.05, 3.63) is 18.3 Å². The van der Waals surface area contributed by atoms with Gasteiger partial charge in [0.2, 0.25) is 11.5 Å². The monoisotopic (exact) mass is 181 g/mol. The van der Waals surface area contributed by atoms with Gasteiger partial charge in [0.05, 0.1) is 14.1 Å². The predicted molar refractivity (Wildman–Crippen MR) is 45.1 cm³/mol. The van der Waals surface area contributed by atoms with E-state index in [-0.39, 0.29) is 12.2 Å². The van der Waals surface area contributed by atoms with Crippen molar-refractivity contribution in [3.63, 3.8) is 0 Å². The highest BCUT2D eigenvalue weighted by atomic mass is 16.2. The zero-order chi connectivity index (χ0) is 9.59. The number of hydrogen-bond acceptors (Lipinski definition) is 3. The molecule has 4 N–H and O–H groups in total. The number of anilines is 1. The quantitative estimate of drug-likeness (QED) is 0.333. The second-order valence-electron chi connectivity index (χ2n) is 3.03. The van der Waals surface area contributed by atoms with E-state index >= 15 is 0 Å². The maximum atomic E-state index is 11.4. The number of nitrogens with two attached hydrogens (primary N) is 1. The number of amides is 1. The summed E-state index contributed by atoms with van der Waals surface area (Å²) in [4.78, 5) is 11.4. The molecule has 1 amide bonds. The lowest BCUT2D eigenvalue weighted by atomic mass is 10.3. The van der Waals surface area contributed by atoms with Crippen LogP contribution in [0.3, 0.4) is 0 Å². The van der Waals surface area contributed by atoms with Crippen LogP contribution in [0.4, 0.5) is 5.82 Å². The molecule has 0 aromatic carbocycles. The predicted octanol–water partition coefficient (Wildman–Crippen LogP) is -1.59. The van der Waals surface area contributed by atoms with E-state index < -0.39 is 0 Å². The van der Waals surface area contributed by atoms with Crippen LogP contribution in [-0.4, -0.2) is 10.5 Å². The van der Waals surface area contributed by atoms with Crippen molar-refractivity contribution in [1.29, 1.82) is 0 Å². The van der Waals surface area contributed by atoms with Crippen molar-refractivity contribution in [2.24, 2.45) is 19.8 Å². The first-order valence-corrected chi connectivity index (χ1v) is 3.85. The van der Waals surface area contributed by atoms with E-state index in [1.807, 2.05) is 14.1 Å². The molecule has 0 saturated carbocycles. The maximum Gasteiger partial charge on any atom is 0.264 e. The van der Waals surface area contributed by atoms with Gasteiger partial charge < -0.3 is 16.4 Å². The summed E-state index contributed by atoms with van der Waals surface area (Å²) in [5.74, 6) is 0.526.